The van der Waals surface area contributed by atoms with Crippen LogP contribution in [0.1, 0.15) is 5.56 Å². The molecule has 40 heavy (non-hydrogen) atoms. The average molecular weight is 519 g/mol. The maximum Gasteiger partial charge on any atom is 0.136 e. The summed E-state index contributed by atoms with van der Waals surface area (Å²) >= 11 is 0. The van der Waals surface area contributed by atoms with E-state index in [0.29, 0.717) is 0 Å². The fourth-order valence-electron chi connectivity index (χ4n) is 5.78. The van der Waals surface area contributed by atoms with Gasteiger partial charge in [-0.05, 0) is 46.5 Å². The minimum atomic E-state index is 0.755. The van der Waals surface area contributed by atoms with Gasteiger partial charge in [0, 0.05) is 46.7 Å². The third-order valence-electron chi connectivity index (χ3n) is 7.65. The van der Waals surface area contributed by atoms with Gasteiger partial charge in [0.15, 0.2) is 0 Å². The SMILES string of the molecule is C=C(/C=C\Cn1c2ccccc2c2ccc(-c3cccc4oc5ccccc5c34)cc21)CNCc1ccccc1. The van der Waals surface area contributed by atoms with Crippen molar-refractivity contribution in [3.8, 4) is 11.1 Å². The fraction of sp³-hybridized carbons (Fsp3) is 0.0811. The molecule has 7 rings (SSSR count). The first-order valence-corrected chi connectivity index (χ1v) is 13.8. The summed E-state index contributed by atoms with van der Waals surface area (Å²) in [5, 5.41) is 8.34. The maximum atomic E-state index is 6.17. The van der Waals surface area contributed by atoms with Crippen LogP contribution in [0.2, 0.25) is 0 Å². The van der Waals surface area contributed by atoms with E-state index >= 15 is 0 Å². The van der Waals surface area contributed by atoms with Crippen molar-refractivity contribution < 1.29 is 4.42 Å². The Morgan fingerprint density at radius 3 is 2.38 bits per heavy atom. The second kappa shape index (κ2) is 10.4. The second-order valence-corrected chi connectivity index (χ2v) is 10.3. The Balaban J connectivity index is 1.22. The molecule has 0 radical (unpaired) electrons. The smallest absolute Gasteiger partial charge is 0.136 e. The zero-order valence-electron chi connectivity index (χ0n) is 22.3. The number of para-hydroxylation sites is 2. The van der Waals surface area contributed by atoms with Crippen molar-refractivity contribution in [2.75, 3.05) is 6.54 Å². The topological polar surface area (TPSA) is 30.1 Å². The van der Waals surface area contributed by atoms with Crippen LogP contribution in [0, 0.1) is 0 Å². The van der Waals surface area contributed by atoms with Gasteiger partial charge in [-0.1, -0.05) is 110 Å². The summed E-state index contributed by atoms with van der Waals surface area (Å²) in [7, 11) is 0. The van der Waals surface area contributed by atoms with Crippen molar-refractivity contribution in [2.24, 2.45) is 0 Å². The molecule has 0 aliphatic carbocycles. The minimum Gasteiger partial charge on any atom is -0.456 e. The van der Waals surface area contributed by atoms with Gasteiger partial charge in [0.05, 0.1) is 5.52 Å². The van der Waals surface area contributed by atoms with Crippen LogP contribution in [-0.4, -0.2) is 11.1 Å². The number of hydrogen-bond acceptors (Lipinski definition) is 2. The van der Waals surface area contributed by atoms with Gasteiger partial charge < -0.3 is 14.3 Å². The van der Waals surface area contributed by atoms with Gasteiger partial charge in [-0.3, -0.25) is 0 Å². The van der Waals surface area contributed by atoms with E-state index in [0.717, 1.165) is 41.8 Å². The number of rotatable bonds is 8. The summed E-state index contributed by atoms with van der Waals surface area (Å²) in [5.41, 5.74) is 9.02. The van der Waals surface area contributed by atoms with Crippen LogP contribution >= 0.6 is 0 Å². The van der Waals surface area contributed by atoms with E-state index in [4.69, 9.17) is 4.42 Å². The molecule has 0 spiro atoms. The number of fused-ring (bicyclic) bond motifs is 6. The van der Waals surface area contributed by atoms with Crippen molar-refractivity contribution in [3.05, 3.63) is 145 Å². The summed E-state index contributed by atoms with van der Waals surface area (Å²) < 4.78 is 8.58. The Kier molecular flexibility index (Phi) is 6.27. The van der Waals surface area contributed by atoms with Crippen LogP contribution in [0.4, 0.5) is 0 Å². The third-order valence-corrected chi connectivity index (χ3v) is 7.65. The predicted octanol–water partition coefficient (Wildman–Crippen LogP) is 9.26. The first-order valence-electron chi connectivity index (χ1n) is 13.8. The lowest BCUT2D eigenvalue weighted by Crippen LogP contribution is -2.15. The van der Waals surface area contributed by atoms with Gasteiger partial charge >= 0.3 is 0 Å². The molecule has 0 atom stereocenters. The summed E-state index contributed by atoms with van der Waals surface area (Å²) in [6, 6.07) is 40.6. The highest BCUT2D eigenvalue weighted by Gasteiger charge is 2.15. The maximum absolute atomic E-state index is 6.17. The van der Waals surface area contributed by atoms with E-state index in [1.54, 1.807) is 0 Å². The van der Waals surface area contributed by atoms with Gasteiger partial charge in [-0.15, -0.1) is 0 Å². The van der Waals surface area contributed by atoms with Crippen LogP contribution in [0.15, 0.2) is 144 Å². The minimum absolute atomic E-state index is 0.755. The van der Waals surface area contributed by atoms with E-state index in [2.05, 4.69) is 126 Å². The van der Waals surface area contributed by atoms with Crippen LogP contribution < -0.4 is 5.32 Å². The molecule has 2 aromatic heterocycles. The van der Waals surface area contributed by atoms with Crippen molar-refractivity contribution in [1.82, 2.24) is 9.88 Å². The molecule has 5 aromatic carbocycles. The van der Waals surface area contributed by atoms with Gasteiger partial charge in [-0.2, -0.15) is 0 Å². The van der Waals surface area contributed by atoms with Crippen molar-refractivity contribution >= 4 is 43.7 Å². The number of aromatic nitrogens is 1. The highest BCUT2D eigenvalue weighted by molar-refractivity contribution is 6.14. The average Bonchev–Trinajstić information content (AvgIpc) is 3.53. The number of furan rings is 1. The number of allylic oxidation sites excluding steroid dienone is 1. The Hall–Kier alpha value is -4.86. The summed E-state index contributed by atoms with van der Waals surface area (Å²) in [6.07, 6.45) is 4.36. The molecule has 0 bridgehead atoms. The molecule has 7 aromatic rings. The van der Waals surface area contributed by atoms with Crippen LogP contribution in [0.5, 0.6) is 0 Å². The standard InChI is InChI=1S/C37H30N2O/c1-26(24-38-25-27-12-3-2-4-13-27)11-10-22-39-33-17-7-5-14-30(33)31-21-20-28(23-34(31)39)29-16-9-19-36-37(29)32-15-6-8-18-35(32)40-36/h2-21,23,38H,1,22,24-25H2/b11-10-. The van der Waals surface area contributed by atoms with E-state index in [1.165, 1.54) is 43.9 Å². The molecular weight excluding hydrogens is 488 g/mol. The van der Waals surface area contributed by atoms with Gasteiger partial charge in [0.2, 0.25) is 0 Å². The number of hydrogen-bond donors (Lipinski definition) is 1. The van der Waals surface area contributed by atoms with Gasteiger partial charge in [0.1, 0.15) is 11.2 Å². The molecule has 1 N–H and O–H groups in total. The molecule has 0 saturated carbocycles. The van der Waals surface area contributed by atoms with Crippen molar-refractivity contribution in [1.29, 1.82) is 0 Å². The Morgan fingerprint density at radius 1 is 0.725 bits per heavy atom. The van der Waals surface area contributed by atoms with Crippen LogP contribution in [0.25, 0.3) is 54.9 Å². The predicted molar refractivity (Wildman–Crippen MR) is 169 cm³/mol. The molecule has 0 unspecified atom stereocenters. The molecule has 0 fully saturated rings. The molecule has 0 aliphatic rings. The lowest BCUT2D eigenvalue weighted by atomic mass is 9.98. The van der Waals surface area contributed by atoms with E-state index in [-0.39, 0.29) is 0 Å². The number of nitrogens with zero attached hydrogens (tertiary/aromatic N) is 1. The summed E-state index contributed by atoms with van der Waals surface area (Å²) in [5.74, 6) is 0. The zero-order chi connectivity index (χ0) is 26.9. The highest BCUT2D eigenvalue weighted by atomic mass is 16.3. The van der Waals surface area contributed by atoms with Crippen LogP contribution in [0.3, 0.4) is 0 Å². The van der Waals surface area contributed by atoms with Crippen molar-refractivity contribution in [3.63, 3.8) is 0 Å². The Bertz CT molecular complexity index is 2020. The first kappa shape index (κ1) is 24.2. The zero-order valence-corrected chi connectivity index (χ0v) is 22.3. The largest absolute Gasteiger partial charge is 0.456 e. The fourth-order valence-corrected chi connectivity index (χ4v) is 5.78. The van der Waals surface area contributed by atoms with Crippen LogP contribution in [-0.2, 0) is 13.1 Å². The third kappa shape index (κ3) is 4.41. The van der Waals surface area contributed by atoms with Crippen molar-refractivity contribution in [2.45, 2.75) is 13.1 Å². The Labute approximate surface area is 233 Å². The van der Waals surface area contributed by atoms with Gasteiger partial charge in [0.25, 0.3) is 0 Å². The molecule has 0 aliphatic heterocycles. The normalized spacial score (nSPS) is 11.9. The molecule has 3 nitrogen and oxygen atoms in total. The molecule has 194 valence electrons. The van der Waals surface area contributed by atoms with E-state index in [9.17, 15) is 0 Å². The van der Waals surface area contributed by atoms with E-state index < -0.39 is 0 Å². The van der Waals surface area contributed by atoms with Gasteiger partial charge in [-0.25, -0.2) is 0 Å². The first-order chi connectivity index (χ1) is 19.8. The molecular formula is C37H30N2O. The molecule has 0 saturated heterocycles. The Morgan fingerprint density at radius 2 is 1.48 bits per heavy atom. The molecule has 0 amide bonds. The lowest BCUT2D eigenvalue weighted by molar-refractivity contribution is 0.669. The highest BCUT2D eigenvalue weighted by Crippen LogP contribution is 2.38. The quantitative estimate of drug-likeness (QED) is 0.203. The van der Waals surface area contributed by atoms with E-state index in [1.807, 2.05) is 18.2 Å². The summed E-state index contributed by atoms with van der Waals surface area (Å²) in [4.78, 5) is 0. The number of nitrogens with one attached hydrogen (secondary N) is 1. The molecule has 2 heterocycles. The lowest BCUT2D eigenvalue weighted by Gasteiger charge is -2.08. The molecule has 3 heteroatoms. The number of benzene rings is 5. The summed E-state index contributed by atoms with van der Waals surface area (Å²) in [6.45, 7) is 6.62. The monoisotopic (exact) mass is 518 g/mol. The second-order valence-electron chi connectivity index (χ2n) is 10.3.